The van der Waals surface area contributed by atoms with Gasteiger partial charge in [0.25, 0.3) is 0 Å². The molecule has 1 aromatic heterocycles. The van der Waals surface area contributed by atoms with E-state index in [0.717, 1.165) is 25.1 Å². The molecule has 0 bridgehead atoms. The molecule has 0 aliphatic carbocycles. The maximum absolute atomic E-state index is 10.8. The number of carbonyl (C=O) groups excluding carboxylic acids is 1. The van der Waals surface area contributed by atoms with Crippen LogP contribution < -0.4 is 20.5 Å². The molecule has 3 atom stereocenters. The zero-order valence-electron chi connectivity index (χ0n) is 18.3. The van der Waals surface area contributed by atoms with Gasteiger partial charge < -0.3 is 30.9 Å². The van der Waals surface area contributed by atoms with Crippen LogP contribution in [0.2, 0.25) is 0 Å². The molecule has 0 aliphatic heterocycles. The lowest BCUT2D eigenvalue weighted by Gasteiger charge is -2.15. The van der Waals surface area contributed by atoms with Crippen molar-refractivity contribution in [1.29, 1.82) is 0 Å². The molecule has 1 amide bonds. The number of carboxylic acids is 1. The molecule has 0 saturated heterocycles. The van der Waals surface area contributed by atoms with Gasteiger partial charge in [0.15, 0.2) is 5.82 Å². The van der Waals surface area contributed by atoms with E-state index < -0.39 is 24.2 Å². The van der Waals surface area contributed by atoms with Crippen molar-refractivity contribution in [2.45, 2.75) is 77.6 Å². The van der Waals surface area contributed by atoms with E-state index in [1.54, 1.807) is 0 Å². The van der Waals surface area contributed by atoms with Gasteiger partial charge in [0, 0.05) is 25.1 Å². The minimum absolute atomic E-state index is 0.162. The van der Waals surface area contributed by atoms with Gasteiger partial charge in [0.2, 0.25) is 11.8 Å². The van der Waals surface area contributed by atoms with Gasteiger partial charge in [-0.25, -0.2) is 9.44 Å². The standard InChI is InChI=1S/C9H17N5O5S.C9H19NO/c1-4(16)7(9(17)18)14-20-11-2-6-12-8(13-19-6)5(10)3-15;1-3-5-6-7-8-10-9(11)4-2/h4-5,7,11,14-16H,2-3,10H2,1H3,(H,17,18);3-8H2,1-2H3,(H,10,11). The lowest BCUT2D eigenvalue weighted by Crippen LogP contribution is -2.42. The van der Waals surface area contributed by atoms with Gasteiger partial charge in [0.05, 0.1) is 25.3 Å². The molecule has 3 unspecified atom stereocenters. The fraction of sp³-hybridized carbons (Fsp3) is 0.778. The molecule has 1 aromatic rings. The summed E-state index contributed by atoms with van der Waals surface area (Å²) in [5, 5.41) is 33.3. The maximum atomic E-state index is 10.8. The Balaban J connectivity index is 0.000000695. The Labute approximate surface area is 187 Å². The largest absolute Gasteiger partial charge is 0.480 e. The number of carbonyl (C=O) groups is 2. The zero-order chi connectivity index (χ0) is 23.6. The number of nitrogens with zero attached hydrogens (tertiary/aromatic N) is 2. The third-order valence-electron chi connectivity index (χ3n) is 3.92. The molecule has 0 aliphatic rings. The van der Waals surface area contributed by atoms with Crippen molar-refractivity contribution in [2.24, 2.45) is 5.73 Å². The summed E-state index contributed by atoms with van der Waals surface area (Å²) in [6, 6.07) is -1.81. The molecule has 0 fully saturated rings. The quantitative estimate of drug-likeness (QED) is 0.138. The molecule has 8 N–H and O–H groups in total. The summed E-state index contributed by atoms with van der Waals surface area (Å²) in [4.78, 5) is 25.4. The van der Waals surface area contributed by atoms with Crippen molar-refractivity contribution in [3.63, 3.8) is 0 Å². The number of unbranched alkanes of at least 4 members (excludes halogenated alkanes) is 3. The van der Waals surface area contributed by atoms with Gasteiger partial charge in [-0.05, 0) is 13.3 Å². The first-order valence-corrected chi connectivity index (χ1v) is 11.1. The molecule has 13 heteroatoms. The number of rotatable bonds is 15. The highest BCUT2D eigenvalue weighted by Gasteiger charge is 2.22. The minimum Gasteiger partial charge on any atom is -0.480 e. The number of carboxylic acid groups (broad SMARTS) is 1. The van der Waals surface area contributed by atoms with Crippen molar-refractivity contribution >= 4 is 24.0 Å². The lowest BCUT2D eigenvalue weighted by atomic mass is 10.2. The Bertz CT molecular complexity index is 618. The van der Waals surface area contributed by atoms with Crippen LogP contribution >= 0.6 is 12.1 Å². The van der Waals surface area contributed by atoms with Crippen molar-refractivity contribution in [1.82, 2.24) is 24.9 Å². The van der Waals surface area contributed by atoms with Crippen LogP contribution in [0.4, 0.5) is 0 Å². The molecule has 12 nitrogen and oxygen atoms in total. The topological polar surface area (TPSA) is 196 Å². The minimum atomic E-state index is -1.16. The third kappa shape index (κ3) is 14.0. The summed E-state index contributed by atoms with van der Waals surface area (Å²) in [5.41, 5.74) is 5.50. The fourth-order valence-corrected chi connectivity index (χ4v) is 2.74. The van der Waals surface area contributed by atoms with E-state index in [1.807, 2.05) is 6.92 Å². The van der Waals surface area contributed by atoms with Crippen LogP contribution in [0.25, 0.3) is 0 Å². The second-order valence-electron chi connectivity index (χ2n) is 6.70. The van der Waals surface area contributed by atoms with Crippen LogP contribution in [-0.4, -0.2) is 62.6 Å². The molecule has 180 valence electrons. The molecule has 31 heavy (non-hydrogen) atoms. The van der Waals surface area contributed by atoms with Gasteiger partial charge in [-0.15, -0.1) is 0 Å². The van der Waals surface area contributed by atoms with Gasteiger partial charge in [-0.1, -0.05) is 38.3 Å². The Morgan fingerprint density at radius 1 is 1.26 bits per heavy atom. The predicted octanol–water partition coefficient (Wildman–Crippen LogP) is 0.231. The second-order valence-corrected chi connectivity index (χ2v) is 7.43. The van der Waals surface area contributed by atoms with E-state index in [2.05, 4.69) is 31.8 Å². The van der Waals surface area contributed by atoms with Crippen LogP contribution in [0.3, 0.4) is 0 Å². The molecule has 0 saturated carbocycles. The van der Waals surface area contributed by atoms with E-state index in [0.29, 0.717) is 6.42 Å². The highest BCUT2D eigenvalue weighted by atomic mass is 32.2. The van der Waals surface area contributed by atoms with E-state index in [9.17, 15) is 14.7 Å². The van der Waals surface area contributed by atoms with Crippen molar-refractivity contribution in [3.8, 4) is 0 Å². The third-order valence-corrected chi connectivity index (χ3v) is 4.58. The first-order valence-electron chi connectivity index (χ1n) is 10.3. The predicted molar refractivity (Wildman–Crippen MR) is 116 cm³/mol. The fourth-order valence-electron chi connectivity index (χ4n) is 2.03. The lowest BCUT2D eigenvalue weighted by molar-refractivity contribution is -0.141. The van der Waals surface area contributed by atoms with E-state index in [4.69, 9.17) is 20.5 Å². The number of hydrogen-bond donors (Lipinski definition) is 7. The summed E-state index contributed by atoms with van der Waals surface area (Å²) >= 11 is 0.887. The Kier molecular flexibility index (Phi) is 16.8. The molecule has 1 heterocycles. The molecule has 1 rings (SSSR count). The first-order chi connectivity index (χ1) is 14.8. The average molecular weight is 465 g/mol. The molecule has 0 aromatic carbocycles. The monoisotopic (exact) mass is 464 g/mol. The first kappa shape index (κ1) is 29.2. The summed E-state index contributed by atoms with van der Waals surface area (Å²) in [5.74, 6) is -0.568. The number of nitrogens with two attached hydrogens (primary N) is 1. The van der Waals surface area contributed by atoms with Crippen LogP contribution in [0.15, 0.2) is 4.52 Å². The SMILES string of the molecule is CC(O)C(NSNCc1nc(C(N)CO)no1)C(=O)O.CCCCCCNC(=O)CC. The van der Waals surface area contributed by atoms with Crippen molar-refractivity contribution in [3.05, 3.63) is 11.7 Å². The number of amides is 1. The van der Waals surface area contributed by atoms with Crippen LogP contribution in [0.1, 0.15) is 70.6 Å². The number of aliphatic hydroxyl groups excluding tert-OH is 2. The van der Waals surface area contributed by atoms with E-state index in [1.165, 1.54) is 26.2 Å². The van der Waals surface area contributed by atoms with Gasteiger partial charge in [-0.2, -0.15) is 4.98 Å². The number of aromatic nitrogens is 2. The van der Waals surface area contributed by atoms with Gasteiger partial charge in [0.1, 0.15) is 6.04 Å². The maximum Gasteiger partial charge on any atom is 0.324 e. The van der Waals surface area contributed by atoms with Crippen LogP contribution in [-0.2, 0) is 16.1 Å². The highest BCUT2D eigenvalue weighted by molar-refractivity contribution is 7.95. The molecule has 0 radical (unpaired) electrons. The number of aliphatic carboxylic acids is 1. The van der Waals surface area contributed by atoms with Crippen LogP contribution in [0, 0.1) is 0 Å². The van der Waals surface area contributed by atoms with Crippen molar-refractivity contribution in [2.75, 3.05) is 13.2 Å². The molecular formula is C18H36N6O6S. The van der Waals surface area contributed by atoms with E-state index >= 15 is 0 Å². The number of hydrogen-bond acceptors (Lipinski definition) is 11. The van der Waals surface area contributed by atoms with Gasteiger partial charge in [-0.3, -0.25) is 9.59 Å². The summed E-state index contributed by atoms with van der Waals surface area (Å²) in [7, 11) is 0. The normalized spacial score (nSPS) is 13.6. The Morgan fingerprint density at radius 2 is 1.97 bits per heavy atom. The smallest absolute Gasteiger partial charge is 0.324 e. The summed E-state index contributed by atoms with van der Waals surface area (Å²) < 4.78 is 10.1. The molecular weight excluding hydrogens is 428 g/mol. The van der Waals surface area contributed by atoms with Crippen LogP contribution in [0.5, 0.6) is 0 Å². The second kappa shape index (κ2) is 17.9. The Hall–Kier alpha value is -1.77. The zero-order valence-corrected chi connectivity index (χ0v) is 19.2. The summed E-state index contributed by atoms with van der Waals surface area (Å²) in [6.07, 6.45) is 4.46. The molecule has 0 spiro atoms. The summed E-state index contributed by atoms with van der Waals surface area (Å²) in [6.45, 7) is 6.15. The van der Waals surface area contributed by atoms with Crippen molar-refractivity contribution < 1.29 is 29.4 Å². The van der Waals surface area contributed by atoms with Gasteiger partial charge >= 0.3 is 5.97 Å². The Morgan fingerprint density at radius 3 is 2.52 bits per heavy atom. The van der Waals surface area contributed by atoms with E-state index in [-0.39, 0.29) is 30.8 Å². The number of nitrogens with one attached hydrogen (secondary N) is 3. The number of aliphatic hydroxyl groups is 2. The highest BCUT2D eigenvalue weighted by Crippen LogP contribution is 2.06. The average Bonchev–Trinajstić information content (AvgIpc) is 3.21.